The molecule has 2 amide bonds. The average molecular weight is 554 g/mol. The summed E-state index contributed by atoms with van der Waals surface area (Å²) in [6, 6.07) is 9.19. The number of rotatable bonds is 10. The van der Waals surface area contributed by atoms with Crippen molar-refractivity contribution in [2.24, 2.45) is 11.1 Å². The Balaban J connectivity index is 1.09. The van der Waals surface area contributed by atoms with Gasteiger partial charge < -0.3 is 25.5 Å². The first-order valence-corrected chi connectivity index (χ1v) is 13.8. The first-order chi connectivity index (χ1) is 19.4. The van der Waals surface area contributed by atoms with Crippen molar-refractivity contribution < 1.29 is 23.9 Å². The second-order valence-corrected chi connectivity index (χ2v) is 10.6. The van der Waals surface area contributed by atoms with Gasteiger partial charge in [0.15, 0.2) is 0 Å². The molecule has 214 valence electrons. The van der Waals surface area contributed by atoms with Gasteiger partial charge in [-0.1, -0.05) is 29.4 Å². The van der Waals surface area contributed by atoms with Crippen LogP contribution in [0.2, 0.25) is 0 Å². The number of benzene rings is 1. The zero-order chi connectivity index (χ0) is 28.1. The van der Waals surface area contributed by atoms with Crippen molar-refractivity contribution >= 4 is 23.3 Å². The number of β-amino-alcohol motifs (C(OH)–C–C–N with tert-alkyl or cyclic N) is 1. The van der Waals surface area contributed by atoms with Crippen molar-refractivity contribution in [1.29, 1.82) is 0 Å². The number of alkyl halides is 1. The second kappa shape index (κ2) is 12.7. The van der Waals surface area contributed by atoms with Crippen LogP contribution < -0.4 is 10.6 Å². The summed E-state index contributed by atoms with van der Waals surface area (Å²) in [5.41, 5.74) is 3.08. The smallest absolute Gasteiger partial charge is 0.272 e. The highest BCUT2D eigenvalue weighted by atomic mass is 19.1. The first kappa shape index (κ1) is 27.9. The molecule has 1 aromatic carbocycles. The van der Waals surface area contributed by atoms with Crippen LogP contribution in [0.1, 0.15) is 40.9 Å². The molecule has 3 atom stereocenters. The molecule has 1 saturated carbocycles. The summed E-state index contributed by atoms with van der Waals surface area (Å²) in [6.45, 7) is 2.46. The van der Waals surface area contributed by atoms with Crippen LogP contribution in [0.15, 0.2) is 41.8 Å². The number of aliphatic hydroxyl groups is 1. The third-order valence-electron chi connectivity index (χ3n) is 7.61. The van der Waals surface area contributed by atoms with Gasteiger partial charge in [-0.15, -0.1) is 0 Å². The maximum atomic E-state index is 15.1. The SMILES string of the molecule is CON=C(C(=O)N1CCC(Nc2cc(C(=O)NC[C@H](O)CN3CCc4ccccc4C3)ncn2)C(F)C1)C1CC1. The number of aliphatic hydroxyl groups excluding tert-OH is 1. The van der Waals surface area contributed by atoms with E-state index >= 15 is 4.39 Å². The van der Waals surface area contributed by atoms with Gasteiger partial charge in [0, 0.05) is 44.7 Å². The average Bonchev–Trinajstić information content (AvgIpc) is 3.81. The van der Waals surface area contributed by atoms with Crippen molar-refractivity contribution in [3.05, 3.63) is 53.5 Å². The second-order valence-electron chi connectivity index (χ2n) is 10.6. The van der Waals surface area contributed by atoms with Crippen molar-refractivity contribution in [3.8, 4) is 0 Å². The molecule has 0 spiro atoms. The van der Waals surface area contributed by atoms with E-state index in [1.807, 2.05) is 12.1 Å². The Labute approximate surface area is 232 Å². The van der Waals surface area contributed by atoms with E-state index in [0.717, 1.165) is 32.4 Å². The number of hydrogen-bond donors (Lipinski definition) is 3. The molecule has 12 heteroatoms. The maximum absolute atomic E-state index is 15.1. The van der Waals surface area contributed by atoms with Crippen LogP contribution in [0.4, 0.5) is 10.2 Å². The number of fused-ring (bicyclic) bond motifs is 1. The number of nitrogens with one attached hydrogen (secondary N) is 2. The van der Waals surface area contributed by atoms with Crippen LogP contribution in [0.25, 0.3) is 0 Å². The molecule has 40 heavy (non-hydrogen) atoms. The van der Waals surface area contributed by atoms with Crippen LogP contribution in [-0.2, 0) is 22.6 Å². The number of aromatic nitrogens is 2. The molecule has 1 aromatic heterocycles. The van der Waals surface area contributed by atoms with Gasteiger partial charge >= 0.3 is 0 Å². The highest BCUT2D eigenvalue weighted by molar-refractivity contribution is 6.40. The molecule has 3 aliphatic rings. The number of carbonyl (C=O) groups is 2. The van der Waals surface area contributed by atoms with Crippen molar-refractivity contribution in [1.82, 2.24) is 25.1 Å². The zero-order valence-electron chi connectivity index (χ0n) is 22.6. The molecule has 3 N–H and O–H groups in total. The fourth-order valence-electron chi connectivity index (χ4n) is 5.28. The van der Waals surface area contributed by atoms with E-state index in [4.69, 9.17) is 4.84 Å². The Kier molecular flexibility index (Phi) is 8.85. The van der Waals surface area contributed by atoms with E-state index in [-0.39, 0.29) is 30.6 Å². The lowest BCUT2D eigenvalue weighted by Gasteiger charge is -2.35. The zero-order valence-corrected chi connectivity index (χ0v) is 22.6. The van der Waals surface area contributed by atoms with E-state index in [2.05, 4.69) is 42.8 Å². The summed E-state index contributed by atoms with van der Waals surface area (Å²) in [5.74, 6) is -0.315. The summed E-state index contributed by atoms with van der Waals surface area (Å²) >= 11 is 0. The molecular formula is C28H36FN7O4. The number of carbonyl (C=O) groups excluding carboxylic acids is 2. The van der Waals surface area contributed by atoms with Gasteiger partial charge in [-0.3, -0.25) is 14.5 Å². The number of halogens is 1. The largest absolute Gasteiger partial charge is 0.399 e. The van der Waals surface area contributed by atoms with E-state index in [1.165, 1.54) is 35.5 Å². The Bertz CT molecular complexity index is 1240. The lowest BCUT2D eigenvalue weighted by Crippen LogP contribution is -2.52. The van der Waals surface area contributed by atoms with Gasteiger partial charge in [0.1, 0.15) is 36.8 Å². The summed E-state index contributed by atoms with van der Waals surface area (Å²) in [6.07, 6.45) is 2.27. The Morgan fingerprint density at radius 1 is 1.20 bits per heavy atom. The fourth-order valence-corrected chi connectivity index (χ4v) is 5.28. The Hall–Kier alpha value is -3.64. The third-order valence-corrected chi connectivity index (χ3v) is 7.61. The minimum absolute atomic E-state index is 0.0646. The maximum Gasteiger partial charge on any atom is 0.272 e. The van der Waals surface area contributed by atoms with E-state index in [1.54, 1.807) is 0 Å². The standard InChI is InChI=1S/C28H36FN7O4/c1-40-34-26(19-6-7-19)28(39)36-11-9-23(22(29)16-36)33-25-12-24(31-17-32-25)27(38)30-13-21(37)15-35-10-8-18-4-2-3-5-20(18)14-35/h2-5,12,17,19,21-23,37H,6-11,13-16H2,1H3,(H,30,38)(H,31,32,33)/t21-,22?,23?/m0/s1. The van der Waals surface area contributed by atoms with Gasteiger partial charge in [0.2, 0.25) is 0 Å². The molecule has 1 aliphatic carbocycles. The molecule has 5 rings (SSSR count). The van der Waals surface area contributed by atoms with E-state index < -0.39 is 24.2 Å². The fraction of sp³-hybridized carbons (Fsp3) is 0.536. The van der Waals surface area contributed by atoms with Gasteiger partial charge in [-0.25, -0.2) is 14.4 Å². The normalized spacial score (nSPS) is 22.3. The van der Waals surface area contributed by atoms with Gasteiger partial charge in [-0.05, 0) is 36.8 Å². The number of nitrogens with zero attached hydrogens (tertiary/aromatic N) is 5. The van der Waals surface area contributed by atoms with Gasteiger partial charge in [-0.2, -0.15) is 0 Å². The number of amides is 2. The Morgan fingerprint density at radius 2 is 2.00 bits per heavy atom. The van der Waals surface area contributed by atoms with Crippen LogP contribution >= 0.6 is 0 Å². The predicted octanol–water partition coefficient (Wildman–Crippen LogP) is 1.39. The van der Waals surface area contributed by atoms with Gasteiger partial charge in [0.25, 0.3) is 11.8 Å². The minimum Gasteiger partial charge on any atom is -0.399 e. The summed E-state index contributed by atoms with van der Waals surface area (Å²) in [7, 11) is 1.40. The highest BCUT2D eigenvalue weighted by Gasteiger charge is 2.39. The number of likely N-dealkylation sites (tertiary alicyclic amines) is 1. The summed E-state index contributed by atoms with van der Waals surface area (Å²) < 4.78 is 15.1. The van der Waals surface area contributed by atoms with Crippen LogP contribution in [0.3, 0.4) is 0 Å². The highest BCUT2D eigenvalue weighted by Crippen LogP contribution is 2.32. The van der Waals surface area contributed by atoms with Crippen LogP contribution in [0.5, 0.6) is 0 Å². The number of anilines is 1. The lowest BCUT2D eigenvalue weighted by atomic mass is 10.00. The third kappa shape index (κ3) is 6.92. The van der Waals surface area contributed by atoms with Crippen molar-refractivity contribution in [2.45, 2.75) is 50.5 Å². The molecule has 0 radical (unpaired) electrons. The quantitative estimate of drug-likeness (QED) is 0.297. The van der Waals surface area contributed by atoms with Crippen molar-refractivity contribution in [2.75, 3.05) is 45.2 Å². The number of oxime groups is 1. The molecular weight excluding hydrogens is 517 g/mol. The molecule has 11 nitrogen and oxygen atoms in total. The lowest BCUT2D eigenvalue weighted by molar-refractivity contribution is -0.126. The molecule has 3 heterocycles. The monoisotopic (exact) mass is 553 g/mol. The summed E-state index contributed by atoms with van der Waals surface area (Å²) in [5, 5.41) is 20.2. The molecule has 1 saturated heterocycles. The first-order valence-electron chi connectivity index (χ1n) is 13.8. The summed E-state index contributed by atoms with van der Waals surface area (Å²) in [4.78, 5) is 42.2. The molecule has 2 aromatic rings. The van der Waals surface area contributed by atoms with Crippen LogP contribution in [-0.4, -0.2) is 101 Å². The minimum atomic E-state index is -1.33. The van der Waals surface area contributed by atoms with Crippen molar-refractivity contribution in [3.63, 3.8) is 0 Å². The van der Waals surface area contributed by atoms with E-state index in [0.29, 0.717) is 31.0 Å². The molecule has 2 fully saturated rings. The van der Waals surface area contributed by atoms with Crippen LogP contribution in [0, 0.1) is 5.92 Å². The van der Waals surface area contributed by atoms with E-state index in [9.17, 15) is 14.7 Å². The van der Waals surface area contributed by atoms with Gasteiger partial charge in [0.05, 0.1) is 18.7 Å². The molecule has 2 aliphatic heterocycles. The predicted molar refractivity (Wildman–Crippen MR) is 146 cm³/mol. The molecule has 0 bridgehead atoms. The molecule has 2 unspecified atom stereocenters. The Morgan fingerprint density at radius 3 is 2.75 bits per heavy atom. The topological polar surface area (TPSA) is 132 Å². The number of hydrogen-bond acceptors (Lipinski definition) is 9. The number of piperidine rings is 1.